The van der Waals surface area contributed by atoms with E-state index in [-0.39, 0.29) is 5.03 Å². The van der Waals surface area contributed by atoms with Crippen LogP contribution in [0.3, 0.4) is 0 Å². The molecule has 2 rings (SSSR count). The zero-order chi connectivity index (χ0) is 15.7. The molecule has 0 aliphatic heterocycles. The van der Waals surface area contributed by atoms with Crippen molar-refractivity contribution >= 4 is 10.0 Å². The van der Waals surface area contributed by atoms with Gasteiger partial charge in [0.1, 0.15) is 5.82 Å². The van der Waals surface area contributed by atoms with Gasteiger partial charge in [0, 0.05) is 18.6 Å². The molecular formula is C14H26N4O2S. The lowest BCUT2D eigenvalue weighted by atomic mass is 9.77. The average molecular weight is 314 g/mol. The zero-order valence-corrected chi connectivity index (χ0v) is 13.9. The van der Waals surface area contributed by atoms with Gasteiger partial charge in [-0.2, -0.15) is 4.31 Å². The van der Waals surface area contributed by atoms with Crippen molar-refractivity contribution in [3.05, 3.63) is 12.0 Å². The number of aromatic amines is 1. The highest BCUT2D eigenvalue weighted by Crippen LogP contribution is 2.38. The van der Waals surface area contributed by atoms with Gasteiger partial charge in [-0.05, 0) is 38.5 Å². The van der Waals surface area contributed by atoms with Gasteiger partial charge in [0.15, 0.2) is 5.03 Å². The van der Waals surface area contributed by atoms with Crippen LogP contribution in [0.15, 0.2) is 11.2 Å². The van der Waals surface area contributed by atoms with Crippen LogP contribution in [0.2, 0.25) is 0 Å². The number of hydrogen-bond acceptors (Lipinski definition) is 4. The van der Waals surface area contributed by atoms with Gasteiger partial charge in [-0.3, -0.25) is 0 Å². The Morgan fingerprint density at radius 1 is 1.48 bits per heavy atom. The molecule has 120 valence electrons. The summed E-state index contributed by atoms with van der Waals surface area (Å²) in [5, 5.41) is 0.160. The standard InChI is InChI=1S/C14H26N4O2S/c1-4-18(14(10-15)7-5-11(2)6-8-14)21(19,20)13-9-16-12(3)17-13/h9,11H,4-8,10,15H2,1-3H3,(H,16,17). The SMILES string of the molecule is CCN(C1(CN)CCC(C)CC1)S(=O)(=O)c1cnc(C)[nH]1. The first kappa shape index (κ1) is 16.5. The second-order valence-corrected chi connectivity index (χ2v) is 7.94. The van der Waals surface area contributed by atoms with Crippen LogP contribution in [0.25, 0.3) is 0 Å². The molecule has 1 aromatic rings. The Hall–Kier alpha value is -0.920. The number of aromatic nitrogens is 2. The predicted molar refractivity (Wildman–Crippen MR) is 82.3 cm³/mol. The molecule has 1 aliphatic carbocycles. The van der Waals surface area contributed by atoms with Crippen molar-refractivity contribution < 1.29 is 8.42 Å². The first-order chi connectivity index (χ1) is 9.85. The highest BCUT2D eigenvalue weighted by Gasteiger charge is 2.44. The van der Waals surface area contributed by atoms with Crippen molar-refractivity contribution in [3.63, 3.8) is 0 Å². The Bertz CT molecular complexity index is 574. The Balaban J connectivity index is 2.37. The molecule has 0 atom stereocenters. The number of rotatable bonds is 5. The number of hydrogen-bond donors (Lipinski definition) is 2. The molecule has 0 amide bonds. The van der Waals surface area contributed by atoms with Crippen LogP contribution in [0.4, 0.5) is 0 Å². The Labute approximate surface area is 127 Å². The molecule has 0 radical (unpaired) electrons. The van der Waals surface area contributed by atoms with E-state index in [0.29, 0.717) is 24.8 Å². The molecule has 0 aromatic carbocycles. The highest BCUT2D eigenvalue weighted by molar-refractivity contribution is 7.89. The maximum Gasteiger partial charge on any atom is 0.260 e. The van der Waals surface area contributed by atoms with Crippen LogP contribution < -0.4 is 5.73 Å². The molecular weight excluding hydrogens is 288 g/mol. The molecule has 0 bridgehead atoms. The summed E-state index contributed by atoms with van der Waals surface area (Å²) in [6.07, 6.45) is 5.08. The number of imidazole rings is 1. The van der Waals surface area contributed by atoms with Crippen molar-refractivity contribution in [1.82, 2.24) is 14.3 Å². The largest absolute Gasteiger partial charge is 0.332 e. The Kier molecular flexibility index (Phi) is 4.75. The lowest BCUT2D eigenvalue weighted by Crippen LogP contribution is -2.57. The molecule has 1 aromatic heterocycles. The third-order valence-electron chi connectivity index (χ3n) is 4.65. The monoisotopic (exact) mass is 314 g/mol. The minimum atomic E-state index is -3.58. The number of nitrogens with zero attached hydrogens (tertiary/aromatic N) is 2. The summed E-state index contributed by atoms with van der Waals surface area (Å²) < 4.78 is 27.4. The topological polar surface area (TPSA) is 92.1 Å². The molecule has 1 saturated carbocycles. The fourth-order valence-electron chi connectivity index (χ4n) is 3.26. The lowest BCUT2D eigenvalue weighted by Gasteiger charge is -2.45. The summed E-state index contributed by atoms with van der Waals surface area (Å²) >= 11 is 0. The van der Waals surface area contributed by atoms with Gasteiger partial charge in [0.25, 0.3) is 10.0 Å². The summed E-state index contributed by atoms with van der Waals surface area (Å²) in [5.41, 5.74) is 5.55. The molecule has 3 N–H and O–H groups in total. The third-order valence-corrected chi connectivity index (χ3v) is 6.64. The van der Waals surface area contributed by atoms with Crippen LogP contribution in [0.5, 0.6) is 0 Å². The Morgan fingerprint density at radius 3 is 2.52 bits per heavy atom. The number of H-pyrrole nitrogens is 1. The summed E-state index contributed by atoms with van der Waals surface area (Å²) in [6, 6.07) is 0. The van der Waals surface area contributed by atoms with Gasteiger partial charge < -0.3 is 10.7 Å². The lowest BCUT2D eigenvalue weighted by molar-refractivity contribution is 0.119. The summed E-state index contributed by atoms with van der Waals surface area (Å²) in [5.74, 6) is 1.24. The number of nitrogens with one attached hydrogen (secondary N) is 1. The van der Waals surface area contributed by atoms with Crippen molar-refractivity contribution in [2.75, 3.05) is 13.1 Å². The predicted octanol–water partition coefficient (Wildman–Crippen LogP) is 1.64. The number of nitrogens with two attached hydrogens (primary N) is 1. The summed E-state index contributed by atoms with van der Waals surface area (Å²) in [6.45, 7) is 6.61. The van der Waals surface area contributed by atoms with E-state index in [2.05, 4.69) is 16.9 Å². The van der Waals surface area contributed by atoms with Crippen LogP contribution in [-0.2, 0) is 10.0 Å². The van der Waals surface area contributed by atoms with Crippen molar-refractivity contribution in [3.8, 4) is 0 Å². The normalized spacial score (nSPS) is 27.2. The molecule has 0 saturated heterocycles. The maximum absolute atomic E-state index is 12.9. The van der Waals surface area contributed by atoms with E-state index in [4.69, 9.17) is 5.73 Å². The quantitative estimate of drug-likeness (QED) is 0.864. The number of sulfonamides is 1. The van der Waals surface area contributed by atoms with Crippen LogP contribution >= 0.6 is 0 Å². The first-order valence-corrected chi connectivity index (χ1v) is 9.04. The van der Waals surface area contributed by atoms with E-state index in [1.54, 1.807) is 11.2 Å². The van der Waals surface area contributed by atoms with Crippen LogP contribution in [0, 0.1) is 12.8 Å². The maximum atomic E-state index is 12.9. The van der Waals surface area contributed by atoms with Crippen molar-refractivity contribution in [1.29, 1.82) is 0 Å². The molecule has 1 heterocycles. The zero-order valence-electron chi connectivity index (χ0n) is 13.1. The molecule has 7 heteroatoms. The summed E-state index contributed by atoms with van der Waals surface area (Å²) in [4.78, 5) is 6.85. The highest BCUT2D eigenvalue weighted by atomic mass is 32.2. The van der Waals surface area contributed by atoms with Gasteiger partial charge in [-0.25, -0.2) is 13.4 Å². The van der Waals surface area contributed by atoms with Crippen LogP contribution in [-0.4, -0.2) is 41.3 Å². The fraction of sp³-hybridized carbons (Fsp3) is 0.786. The van der Waals surface area contributed by atoms with Gasteiger partial charge in [0.2, 0.25) is 0 Å². The van der Waals surface area contributed by atoms with Gasteiger partial charge in [-0.1, -0.05) is 13.8 Å². The van der Waals surface area contributed by atoms with Crippen LogP contribution in [0.1, 0.15) is 45.4 Å². The molecule has 21 heavy (non-hydrogen) atoms. The van der Waals surface area contributed by atoms with E-state index in [9.17, 15) is 8.42 Å². The third kappa shape index (κ3) is 3.00. The number of aryl methyl sites for hydroxylation is 1. The minimum Gasteiger partial charge on any atom is -0.332 e. The van der Waals surface area contributed by atoms with Crippen molar-refractivity contribution in [2.24, 2.45) is 11.7 Å². The minimum absolute atomic E-state index is 0.160. The molecule has 0 unspecified atom stereocenters. The Morgan fingerprint density at radius 2 is 2.10 bits per heavy atom. The van der Waals surface area contributed by atoms with E-state index in [1.165, 1.54) is 6.20 Å². The molecule has 1 aliphatic rings. The number of likely N-dealkylation sites (N-methyl/N-ethyl adjacent to an activating group) is 1. The first-order valence-electron chi connectivity index (χ1n) is 7.60. The van der Waals surface area contributed by atoms with Gasteiger partial charge in [-0.15, -0.1) is 0 Å². The van der Waals surface area contributed by atoms with Gasteiger partial charge in [0.05, 0.1) is 6.20 Å². The van der Waals surface area contributed by atoms with E-state index in [1.807, 2.05) is 6.92 Å². The molecule has 6 nitrogen and oxygen atoms in total. The van der Waals surface area contributed by atoms with Crippen molar-refractivity contribution in [2.45, 2.75) is 57.0 Å². The molecule has 1 fully saturated rings. The van der Waals surface area contributed by atoms with Gasteiger partial charge >= 0.3 is 0 Å². The van der Waals surface area contributed by atoms with E-state index < -0.39 is 15.6 Å². The molecule has 0 spiro atoms. The summed E-state index contributed by atoms with van der Waals surface area (Å²) in [7, 11) is -3.58. The fourth-order valence-corrected chi connectivity index (χ4v) is 5.07. The van der Waals surface area contributed by atoms with E-state index >= 15 is 0 Å². The second kappa shape index (κ2) is 6.06. The second-order valence-electron chi connectivity index (χ2n) is 6.11. The van der Waals surface area contributed by atoms with E-state index in [0.717, 1.165) is 25.7 Å². The average Bonchev–Trinajstić information content (AvgIpc) is 2.89. The smallest absolute Gasteiger partial charge is 0.260 e.